The Morgan fingerprint density at radius 1 is 0.757 bits per heavy atom. The number of hydrogen-bond acceptors (Lipinski definition) is 10. The fourth-order valence-electron chi connectivity index (χ4n) is 2.99. The van der Waals surface area contributed by atoms with Crippen LogP contribution in [0.1, 0.15) is 12.5 Å². The van der Waals surface area contributed by atoms with Crippen molar-refractivity contribution < 1.29 is 49.5 Å². The molecule has 11 N–H and O–H groups in total. The first-order valence-corrected chi connectivity index (χ1v) is 11.2. The number of carboxylic acids is 1. The number of benzene rings is 1. The monoisotopic (exact) mass is 527 g/mol. The second-order valence-electron chi connectivity index (χ2n) is 8.09. The van der Waals surface area contributed by atoms with E-state index < -0.39 is 85.7 Å². The lowest BCUT2D eigenvalue weighted by Gasteiger charge is -2.27. The standard InChI is InChI=1S/C22H33N5O10/c1-11(31)17(21(35)25-15(9-29)20(34)26-16(10-30)22(36)37)27-19(33)14(24-18(32)13(23)8-28)7-12-5-3-2-4-6-12/h2-6,11,13-17,28-31H,7-10,23H2,1H3,(H,24,32)(H,25,35)(H,26,34)(H,27,33)(H,36,37)/t11-,13+,14+,15+,16+,17+/m1/s1. The maximum absolute atomic E-state index is 13.0. The van der Waals surface area contributed by atoms with Crippen LogP contribution >= 0.6 is 0 Å². The molecule has 15 nitrogen and oxygen atoms in total. The number of nitrogens with one attached hydrogen (secondary N) is 4. The predicted molar refractivity (Wildman–Crippen MR) is 126 cm³/mol. The molecule has 0 unspecified atom stereocenters. The highest BCUT2D eigenvalue weighted by Crippen LogP contribution is 2.06. The first kappa shape index (κ1) is 31.4. The van der Waals surface area contributed by atoms with Gasteiger partial charge in [-0.3, -0.25) is 19.2 Å². The highest BCUT2D eigenvalue weighted by Gasteiger charge is 2.33. The van der Waals surface area contributed by atoms with Crippen molar-refractivity contribution >= 4 is 29.6 Å². The molecule has 6 atom stereocenters. The molecule has 0 radical (unpaired) electrons. The van der Waals surface area contributed by atoms with E-state index in [-0.39, 0.29) is 6.42 Å². The van der Waals surface area contributed by atoms with Gasteiger partial charge in [-0.25, -0.2) is 4.79 Å². The summed E-state index contributed by atoms with van der Waals surface area (Å²) < 4.78 is 0. The highest BCUT2D eigenvalue weighted by atomic mass is 16.4. The van der Waals surface area contributed by atoms with Gasteiger partial charge in [-0.1, -0.05) is 30.3 Å². The van der Waals surface area contributed by atoms with Gasteiger partial charge >= 0.3 is 5.97 Å². The summed E-state index contributed by atoms with van der Waals surface area (Å²) in [5.41, 5.74) is 6.14. The van der Waals surface area contributed by atoms with Gasteiger partial charge in [0.1, 0.15) is 30.2 Å². The topological polar surface area (TPSA) is 261 Å². The van der Waals surface area contributed by atoms with E-state index in [4.69, 9.17) is 21.1 Å². The van der Waals surface area contributed by atoms with Crippen LogP contribution in [0.15, 0.2) is 30.3 Å². The Bertz CT molecular complexity index is 930. The first-order valence-electron chi connectivity index (χ1n) is 11.2. The molecule has 1 aromatic carbocycles. The fraction of sp³-hybridized carbons (Fsp3) is 0.500. The Kier molecular flexibility index (Phi) is 13.1. The van der Waals surface area contributed by atoms with Crippen LogP contribution in [-0.2, 0) is 30.4 Å². The van der Waals surface area contributed by atoms with E-state index in [0.717, 1.165) is 6.92 Å². The molecule has 206 valence electrons. The van der Waals surface area contributed by atoms with Crippen LogP contribution in [0.2, 0.25) is 0 Å². The third-order valence-electron chi connectivity index (χ3n) is 5.12. The van der Waals surface area contributed by atoms with Gasteiger partial charge < -0.3 is 52.5 Å². The smallest absolute Gasteiger partial charge is 0.328 e. The minimum atomic E-state index is -1.70. The average Bonchev–Trinajstić information content (AvgIpc) is 2.87. The molecular formula is C22H33N5O10. The number of nitrogens with two attached hydrogens (primary N) is 1. The normalized spacial score (nSPS) is 15.7. The molecule has 1 rings (SSSR count). The molecule has 0 aliphatic rings. The summed E-state index contributed by atoms with van der Waals surface area (Å²) in [5, 5.41) is 55.3. The van der Waals surface area contributed by atoms with Gasteiger partial charge in [0.25, 0.3) is 0 Å². The van der Waals surface area contributed by atoms with E-state index in [2.05, 4.69) is 16.0 Å². The number of hydrogen-bond donors (Lipinski definition) is 10. The lowest BCUT2D eigenvalue weighted by molar-refractivity contribution is -0.143. The molecule has 15 heteroatoms. The largest absolute Gasteiger partial charge is 0.480 e. The Morgan fingerprint density at radius 3 is 1.76 bits per heavy atom. The Labute approximate surface area is 212 Å². The molecule has 37 heavy (non-hydrogen) atoms. The Balaban J connectivity index is 3.03. The van der Waals surface area contributed by atoms with Crippen LogP contribution in [0.5, 0.6) is 0 Å². The third-order valence-corrected chi connectivity index (χ3v) is 5.12. The second-order valence-corrected chi connectivity index (χ2v) is 8.09. The minimum absolute atomic E-state index is 0.0376. The van der Waals surface area contributed by atoms with E-state index in [1.165, 1.54) is 0 Å². The molecule has 0 spiro atoms. The molecule has 0 aliphatic carbocycles. The van der Waals surface area contributed by atoms with E-state index >= 15 is 0 Å². The van der Waals surface area contributed by atoms with Gasteiger partial charge in [0.2, 0.25) is 23.6 Å². The molecule has 0 bridgehead atoms. The van der Waals surface area contributed by atoms with Crippen molar-refractivity contribution in [3.63, 3.8) is 0 Å². The molecule has 0 heterocycles. The van der Waals surface area contributed by atoms with Gasteiger partial charge in [-0.2, -0.15) is 0 Å². The van der Waals surface area contributed by atoms with Crippen LogP contribution in [0, 0.1) is 0 Å². The molecule has 0 fully saturated rings. The number of carboxylic acid groups (broad SMARTS) is 1. The lowest BCUT2D eigenvalue weighted by Crippen LogP contribution is -2.62. The zero-order valence-electron chi connectivity index (χ0n) is 20.0. The first-order chi connectivity index (χ1) is 17.4. The minimum Gasteiger partial charge on any atom is -0.480 e. The SMILES string of the molecule is C[C@@H](O)[C@H](NC(=O)[C@H](Cc1ccccc1)NC(=O)[C@@H](N)CO)C(=O)N[C@@H](CO)C(=O)N[C@@H](CO)C(=O)O. The summed E-state index contributed by atoms with van der Waals surface area (Å²) in [4.78, 5) is 61.2. The maximum atomic E-state index is 13.0. The number of carbonyl (C=O) groups is 5. The quantitative estimate of drug-likeness (QED) is 0.103. The zero-order valence-corrected chi connectivity index (χ0v) is 20.0. The molecular weight excluding hydrogens is 494 g/mol. The molecule has 1 aromatic rings. The van der Waals surface area contributed by atoms with Gasteiger partial charge in [-0.05, 0) is 12.5 Å². The number of aliphatic hydroxyl groups is 4. The number of aliphatic hydroxyl groups excluding tert-OH is 4. The fourth-order valence-corrected chi connectivity index (χ4v) is 2.99. The Hall–Kier alpha value is -3.63. The average molecular weight is 528 g/mol. The van der Waals surface area contributed by atoms with E-state index in [9.17, 15) is 34.2 Å². The molecule has 0 saturated heterocycles. The summed E-state index contributed by atoms with van der Waals surface area (Å²) in [6.45, 7) is -1.44. The third kappa shape index (κ3) is 10.1. The van der Waals surface area contributed by atoms with Crippen molar-refractivity contribution in [2.45, 2.75) is 49.7 Å². The molecule has 0 aromatic heterocycles. The summed E-state index contributed by atoms with van der Waals surface area (Å²) in [7, 11) is 0. The van der Waals surface area contributed by atoms with Crippen molar-refractivity contribution in [1.29, 1.82) is 0 Å². The van der Waals surface area contributed by atoms with Crippen molar-refractivity contribution in [3.8, 4) is 0 Å². The summed E-state index contributed by atoms with van der Waals surface area (Å²) in [6, 6.07) is 0.853. The van der Waals surface area contributed by atoms with Crippen LogP contribution in [-0.4, -0.2) is 111 Å². The zero-order chi connectivity index (χ0) is 28.1. The Morgan fingerprint density at radius 2 is 1.27 bits per heavy atom. The van der Waals surface area contributed by atoms with E-state index in [0.29, 0.717) is 5.56 Å². The van der Waals surface area contributed by atoms with Crippen LogP contribution in [0.3, 0.4) is 0 Å². The summed E-state index contributed by atoms with van der Waals surface area (Å²) in [5.74, 6) is -5.55. The van der Waals surface area contributed by atoms with Crippen LogP contribution in [0.25, 0.3) is 0 Å². The van der Waals surface area contributed by atoms with Crippen molar-refractivity contribution in [3.05, 3.63) is 35.9 Å². The van der Waals surface area contributed by atoms with Crippen LogP contribution < -0.4 is 27.0 Å². The second kappa shape index (κ2) is 15.5. The van der Waals surface area contributed by atoms with E-state index in [1.807, 2.05) is 5.32 Å². The lowest BCUT2D eigenvalue weighted by atomic mass is 10.0. The maximum Gasteiger partial charge on any atom is 0.328 e. The van der Waals surface area contributed by atoms with Crippen LogP contribution in [0.4, 0.5) is 0 Å². The number of amides is 4. The predicted octanol–water partition coefficient (Wildman–Crippen LogP) is -5.06. The number of aliphatic carboxylic acids is 1. The van der Waals surface area contributed by atoms with Crippen molar-refractivity contribution in [2.75, 3.05) is 19.8 Å². The highest BCUT2D eigenvalue weighted by molar-refractivity contribution is 5.95. The van der Waals surface area contributed by atoms with Gasteiger partial charge in [0.15, 0.2) is 0 Å². The number of rotatable bonds is 15. The van der Waals surface area contributed by atoms with Crippen molar-refractivity contribution in [2.24, 2.45) is 5.73 Å². The van der Waals surface area contributed by atoms with Gasteiger partial charge in [0, 0.05) is 6.42 Å². The van der Waals surface area contributed by atoms with Gasteiger partial charge in [-0.15, -0.1) is 0 Å². The van der Waals surface area contributed by atoms with E-state index in [1.54, 1.807) is 30.3 Å². The molecule has 0 aliphatic heterocycles. The molecule has 4 amide bonds. The van der Waals surface area contributed by atoms with Crippen molar-refractivity contribution in [1.82, 2.24) is 21.3 Å². The summed E-state index contributed by atoms with van der Waals surface area (Å²) >= 11 is 0. The van der Waals surface area contributed by atoms with Gasteiger partial charge in [0.05, 0.1) is 25.9 Å². The molecule has 0 saturated carbocycles. The number of carbonyl (C=O) groups excluding carboxylic acids is 4. The summed E-state index contributed by atoms with van der Waals surface area (Å²) in [6.07, 6.45) is -1.55.